The Hall–Kier alpha value is -4.39. The van der Waals surface area contributed by atoms with Gasteiger partial charge < -0.3 is 14.6 Å². The van der Waals surface area contributed by atoms with Crippen molar-refractivity contribution in [2.24, 2.45) is 0 Å². The van der Waals surface area contributed by atoms with E-state index in [0.29, 0.717) is 23.2 Å². The van der Waals surface area contributed by atoms with Crippen molar-refractivity contribution in [3.63, 3.8) is 0 Å². The summed E-state index contributed by atoms with van der Waals surface area (Å²) in [5.74, 6) is -1.32. The van der Waals surface area contributed by atoms with E-state index in [1.54, 1.807) is 36.4 Å². The molecule has 2 atom stereocenters. The third-order valence-corrected chi connectivity index (χ3v) is 6.89. The molecule has 2 aliphatic rings. The second-order valence-corrected chi connectivity index (χ2v) is 9.40. The molecule has 0 bridgehead atoms. The molecule has 2 unspecified atom stereocenters. The van der Waals surface area contributed by atoms with Crippen LogP contribution in [0.1, 0.15) is 40.8 Å². The number of hydrogen-bond acceptors (Lipinski definition) is 6. The van der Waals surface area contributed by atoms with E-state index in [4.69, 9.17) is 9.47 Å². The Kier molecular flexibility index (Phi) is 6.29. The number of aliphatic hydroxyl groups is 1. The molecule has 0 spiro atoms. The molecule has 1 N–H and O–H groups in total. The molecule has 0 radical (unpaired) electrons. The summed E-state index contributed by atoms with van der Waals surface area (Å²) in [4.78, 5) is 39.9. The van der Waals surface area contributed by atoms with Crippen LogP contribution in [0.5, 0.6) is 5.75 Å². The van der Waals surface area contributed by atoms with E-state index in [9.17, 15) is 19.5 Å². The van der Waals surface area contributed by atoms with Crippen molar-refractivity contribution >= 4 is 29.1 Å². The standard InChI is InChI=1S/C30H27NO6/c1-17-6-4-5-7-23(17)27-26(28(33)20-10-13-24-21(16-20)14-18(2)37-24)29(34)30(35)31(27)22-11-8-19(9-12-22)15-25(32)36-3/h4-13,16,18,27,33H,14-15H2,1-3H3/b28-26+. The molecule has 3 aromatic carbocycles. The number of esters is 1. The maximum absolute atomic E-state index is 13.4. The van der Waals surface area contributed by atoms with Gasteiger partial charge in [0.1, 0.15) is 17.6 Å². The van der Waals surface area contributed by atoms with Crippen molar-refractivity contribution in [3.8, 4) is 5.75 Å². The summed E-state index contributed by atoms with van der Waals surface area (Å²) in [5.41, 5.74) is 4.25. The van der Waals surface area contributed by atoms with Crippen LogP contribution in [-0.2, 0) is 32.0 Å². The molecular weight excluding hydrogens is 470 g/mol. The number of hydrogen-bond donors (Lipinski definition) is 1. The summed E-state index contributed by atoms with van der Waals surface area (Å²) in [5, 5.41) is 11.5. The Morgan fingerprint density at radius 2 is 1.81 bits per heavy atom. The third kappa shape index (κ3) is 4.37. The first-order valence-corrected chi connectivity index (χ1v) is 12.1. The van der Waals surface area contributed by atoms with Crippen LogP contribution in [0.2, 0.25) is 0 Å². The molecule has 1 fully saturated rings. The van der Waals surface area contributed by atoms with Gasteiger partial charge >= 0.3 is 5.97 Å². The van der Waals surface area contributed by atoms with Crippen molar-refractivity contribution in [1.82, 2.24) is 0 Å². The summed E-state index contributed by atoms with van der Waals surface area (Å²) in [6, 6.07) is 18.8. The normalized spacial score (nSPS) is 20.0. The van der Waals surface area contributed by atoms with Gasteiger partial charge in [-0.25, -0.2) is 0 Å². The van der Waals surface area contributed by atoms with E-state index in [-0.39, 0.29) is 29.8 Å². The maximum Gasteiger partial charge on any atom is 0.309 e. The largest absolute Gasteiger partial charge is 0.507 e. The van der Waals surface area contributed by atoms with Crippen molar-refractivity contribution in [2.75, 3.05) is 12.0 Å². The molecule has 3 aromatic rings. The lowest BCUT2D eigenvalue weighted by molar-refractivity contribution is -0.139. The number of aryl methyl sites for hydroxylation is 1. The fraction of sp³-hybridized carbons (Fsp3) is 0.233. The highest BCUT2D eigenvalue weighted by Gasteiger charge is 2.47. The molecule has 37 heavy (non-hydrogen) atoms. The van der Waals surface area contributed by atoms with E-state index in [0.717, 1.165) is 22.4 Å². The second-order valence-electron chi connectivity index (χ2n) is 9.40. The number of methoxy groups -OCH3 is 1. The highest BCUT2D eigenvalue weighted by molar-refractivity contribution is 6.51. The van der Waals surface area contributed by atoms with Crippen LogP contribution >= 0.6 is 0 Å². The van der Waals surface area contributed by atoms with Crippen LogP contribution in [-0.4, -0.2) is 36.0 Å². The molecule has 2 heterocycles. The van der Waals surface area contributed by atoms with Crippen LogP contribution in [0.3, 0.4) is 0 Å². The van der Waals surface area contributed by atoms with Gasteiger partial charge in [0.25, 0.3) is 11.7 Å². The minimum atomic E-state index is -0.823. The van der Waals surface area contributed by atoms with E-state index < -0.39 is 17.7 Å². The number of fused-ring (bicyclic) bond motifs is 1. The zero-order chi connectivity index (χ0) is 26.3. The van der Waals surface area contributed by atoms with Gasteiger partial charge in [-0.3, -0.25) is 19.3 Å². The zero-order valence-corrected chi connectivity index (χ0v) is 20.9. The first kappa shape index (κ1) is 24.3. The lowest BCUT2D eigenvalue weighted by Gasteiger charge is -2.26. The van der Waals surface area contributed by atoms with E-state index in [1.807, 2.05) is 44.2 Å². The number of carbonyl (C=O) groups is 3. The molecule has 0 saturated carbocycles. The number of Topliss-reactive ketones (excluding diaryl/α,β-unsaturated/α-hetero) is 1. The number of carbonyl (C=O) groups excluding carboxylic acids is 3. The predicted octanol–water partition coefficient (Wildman–Crippen LogP) is 4.66. The summed E-state index contributed by atoms with van der Waals surface area (Å²) in [6.45, 7) is 3.88. The van der Waals surface area contributed by atoms with Crippen LogP contribution in [0.25, 0.3) is 5.76 Å². The summed E-state index contributed by atoms with van der Waals surface area (Å²) < 4.78 is 10.5. The first-order valence-electron chi connectivity index (χ1n) is 12.1. The van der Waals surface area contributed by atoms with Gasteiger partial charge in [-0.15, -0.1) is 0 Å². The molecule has 7 heteroatoms. The average molecular weight is 498 g/mol. The molecule has 188 valence electrons. The fourth-order valence-corrected chi connectivity index (χ4v) is 5.02. The number of ketones is 1. The number of aliphatic hydroxyl groups excluding tert-OH is 1. The van der Waals surface area contributed by atoms with Gasteiger partial charge in [0, 0.05) is 17.7 Å². The number of anilines is 1. The van der Waals surface area contributed by atoms with Gasteiger partial charge in [0.15, 0.2) is 0 Å². The average Bonchev–Trinajstić information content (AvgIpc) is 3.39. The second kappa shape index (κ2) is 9.58. The van der Waals surface area contributed by atoms with Crippen LogP contribution in [0, 0.1) is 6.92 Å². The molecule has 7 nitrogen and oxygen atoms in total. The molecule has 1 amide bonds. The van der Waals surface area contributed by atoms with Crippen LogP contribution < -0.4 is 9.64 Å². The minimum Gasteiger partial charge on any atom is -0.507 e. The fourth-order valence-electron chi connectivity index (χ4n) is 5.02. The molecule has 1 saturated heterocycles. The Labute approximate surface area is 214 Å². The summed E-state index contributed by atoms with van der Waals surface area (Å²) in [7, 11) is 1.33. The number of nitrogens with zero attached hydrogens (tertiary/aromatic N) is 1. The SMILES string of the molecule is COC(=O)Cc1ccc(N2C(=O)C(=O)/C(=C(/O)c3ccc4c(c3)CC(C)O4)C2c2ccccc2C)cc1. The smallest absolute Gasteiger partial charge is 0.309 e. The van der Waals surface area contributed by atoms with Crippen molar-refractivity contribution < 1.29 is 29.0 Å². The highest BCUT2D eigenvalue weighted by Crippen LogP contribution is 2.43. The lowest BCUT2D eigenvalue weighted by Crippen LogP contribution is -2.29. The van der Waals surface area contributed by atoms with Gasteiger partial charge in [0.05, 0.1) is 25.1 Å². The number of benzene rings is 3. The van der Waals surface area contributed by atoms with Crippen molar-refractivity contribution in [1.29, 1.82) is 0 Å². The number of amides is 1. The zero-order valence-electron chi connectivity index (χ0n) is 20.9. The van der Waals surface area contributed by atoms with Crippen molar-refractivity contribution in [2.45, 2.75) is 38.8 Å². The molecule has 0 aromatic heterocycles. The highest BCUT2D eigenvalue weighted by atomic mass is 16.5. The molecule has 0 aliphatic carbocycles. The van der Waals surface area contributed by atoms with Gasteiger partial charge in [-0.05, 0) is 66.4 Å². The van der Waals surface area contributed by atoms with Gasteiger partial charge in [-0.2, -0.15) is 0 Å². The van der Waals surface area contributed by atoms with E-state index >= 15 is 0 Å². The van der Waals surface area contributed by atoms with E-state index in [2.05, 4.69) is 0 Å². The van der Waals surface area contributed by atoms with Gasteiger partial charge in [0.2, 0.25) is 0 Å². The number of ether oxygens (including phenoxy) is 2. The third-order valence-electron chi connectivity index (χ3n) is 6.89. The quantitative estimate of drug-likeness (QED) is 0.239. The van der Waals surface area contributed by atoms with E-state index in [1.165, 1.54) is 12.0 Å². The Morgan fingerprint density at radius 3 is 2.51 bits per heavy atom. The Morgan fingerprint density at radius 1 is 1.08 bits per heavy atom. The van der Waals surface area contributed by atoms with Gasteiger partial charge in [-0.1, -0.05) is 36.4 Å². The molecule has 5 rings (SSSR count). The lowest BCUT2D eigenvalue weighted by atomic mass is 9.92. The summed E-state index contributed by atoms with van der Waals surface area (Å²) in [6.07, 6.45) is 0.827. The molecular formula is C30H27NO6. The predicted molar refractivity (Wildman–Crippen MR) is 138 cm³/mol. The van der Waals surface area contributed by atoms with Crippen LogP contribution in [0.4, 0.5) is 5.69 Å². The van der Waals surface area contributed by atoms with Crippen LogP contribution in [0.15, 0.2) is 72.3 Å². The topological polar surface area (TPSA) is 93.1 Å². The minimum absolute atomic E-state index is 0.0323. The first-order chi connectivity index (χ1) is 17.8. The maximum atomic E-state index is 13.4. The summed E-state index contributed by atoms with van der Waals surface area (Å²) >= 11 is 0. The monoisotopic (exact) mass is 497 g/mol. The molecule has 2 aliphatic heterocycles. The Balaban J connectivity index is 1.63. The Bertz CT molecular complexity index is 1440. The number of rotatable bonds is 5. The van der Waals surface area contributed by atoms with Crippen molar-refractivity contribution in [3.05, 3.63) is 100 Å².